The predicted octanol–water partition coefficient (Wildman–Crippen LogP) is 2.57. The molecule has 1 fully saturated rings. The highest BCUT2D eigenvalue weighted by molar-refractivity contribution is 5.24. The number of nitrogens with zero attached hydrogens (tertiary/aromatic N) is 1. The van der Waals surface area contributed by atoms with Gasteiger partial charge in [-0.05, 0) is 24.6 Å². The molecule has 0 amide bonds. The maximum Gasteiger partial charge on any atom is 0.129 e. The molecule has 0 saturated carbocycles. The summed E-state index contributed by atoms with van der Waals surface area (Å²) in [4.78, 5) is 0. The predicted molar refractivity (Wildman–Crippen MR) is 48.8 cm³/mol. The first kappa shape index (κ1) is 10.1. The average molecular weight is 209 g/mol. The van der Waals surface area contributed by atoms with Gasteiger partial charge in [0.1, 0.15) is 17.7 Å². The van der Waals surface area contributed by atoms with Crippen LogP contribution in [0.4, 0.5) is 8.78 Å². The van der Waals surface area contributed by atoms with Crippen molar-refractivity contribution in [2.75, 3.05) is 6.61 Å². The second-order valence-electron chi connectivity index (χ2n) is 3.48. The fourth-order valence-corrected chi connectivity index (χ4v) is 1.76. The summed E-state index contributed by atoms with van der Waals surface area (Å²) in [5.74, 6) is -1.43. The molecule has 0 spiro atoms. The van der Waals surface area contributed by atoms with Crippen molar-refractivity contribution in [3.05, 3.63) is 35.4 Å². The quantitative estimate of drug-likeness (QED) is 0.712. The molecule has 78 valence electrons. The lowest BCUT2D eigenvalue weighted by molar-refractivity contribution is 0.0973. The molecule has 1 aliphatic heterocycles. The van der Waals surface area contributed by atoms with Crippen molar-refractivity contribution in [1.82, 2.24) is 0 Å². The molecule has 2 rings (SSSR count). The van der Waals surface area contributed by atoms with Crippen LogP contribution in [-0.4, -0.2) is 6.61 Å². The first-order valence-electron chi connectivity index (χ1n) is 4.68. The minimum atomic E-state index is -0.634. The van der Waals surface area contributed by atoms with Crippen molar-refractivity contribution in [3.8, 4) is 6.07 Å². The van der Waals surface area contributed by atoms with E-state index >= 15 is 0 Å². The highest BCUT2D eigenvalue weighted by Crippen LogP contribution is 2.35. The first-order valence-corrected chi connectivity index (χ1v) is 4.68. The molecule has 0 bridgehead atoms. The van der Waals surface area contributed by atoms with Gasteiger partial charge in [0.25, 0.3) is 0 Å². The van der Waals surface area contributed by atoms with Gasteiger partial charge in [-0.15, -0.1) is 0 Å². The van der Waals surface area contributed by atoms with Crippen molar-refractivity contribution in [1.29, 1.82) is 5.26 Å². The Bertz CT molecular complexity index is 414. The van der Waals surface area contributed by atoms with E-state index in [4.69, 9.17) is 10.00 Å². The van der Waals surface area contributed by atoms with E-state index < -0.39 is 17.7 Å². The number of benzene rings is 1. The van der Waals surface area contributed by atoms with Gasteiger partial charge in [0.05, 0.1) is 12.0 Å². The maximum atomic E-state index is 13.4. The normalized spacial score (nSPS) is 25.1. The number of ether oxygens (including phenoxy) is 1. The van der Waals surface area contributed by atoms with Crippen molar-refractivity contribution < 1.29 is 13.5 Å². The topological polar surface area (TPSA) is 33.0 Å². The molecule has 2 unspecified atom stereocenters. The Balaban J connectivity index is 2.36. The van der Waals surface area contributed by atoms with Gasteiger partial charge in [-0.3, -0.25) is 0 Å². The van der Waals surface area contributed by atoms with Crippen molar-refractivity contribution >= 4 is 0 Å². The molecule has 0 aromatic heterocycles. The molecule has 2 atom stereocenters. The smallest absolute Gasteiger partial charge is 0.129 e. The van der Waals surface area contributed by atoms with Crippen LogP contribution < -0.4 is 0 Å². The van der Waals surface area contributed by atoms with Crippen LogP contribution in [0.1, 0.15) is 18.1 Å². The monoisotopic (exact) mass is 209 g/mol. The van der Waals surface area contributed by atoms with Crippen LogP contribution in [-0.2, 0) is 4.74 Å². The number of halogens is 2. The van der Waals surface area contributed by atoms with E-state index in [0.29, 0.717) is 13.0 Å². The molecule has 1 saturated heterocycles. The van der Waals surface area contributed by atoms with Crippen molar-refractivity contribution in [2.24, 2.45) is 5.92 Å². The average Bonchev–Trinajstić information content (AvgIpc) is 2.69. The van der Waals surface area contributed by atoms with Crippen LogP contribution in [0.2, 0.25) is 0 Å². The highest BCUT2D eigenvalue weighted by Gasteiger charge is 2.31. The minimum absolute atomic E-state index is 0.138. The zero-order chi connectivity index (χ0) is 10.8. The summed E-state index contributed by atoms with van der Waals surface area (Å²) < 4.78 is 31.6. The van der Waals surface area contributed by atoms with Gasteiger partial charge in [-0.1, -0.05) is 0 Å². The summed E-state index contributed by atoms with van der Waals surface area (Å²) >= 11 is 0. The molecule has 1 aromatic carbocycles. The molecule has 0 radical (unpaired) electrons. The molecule has 0 aliphatic carbocycles. The number of hydrogen-bond donors (Lipinski definition) is 0. The lowest BCUT2D eigenvalue weighted by Gasteiger charge is -2.13. The molecule has 4 heteroatoms. The Morgan fingerprint density at radius 2 is 2.20 bits per heavy atom. The molecule has 1 heterocycles. The third kappa shape index (κ3) is 1.83. The summed E-state index contributed by atoms with van der Waals surface area (Å²) in [5, 5.41) is 8.81. The zero-order valence-electron chi connectivity index (χ0n) is 7.91. The minimum Gasteiger partial charge on any atom is -0.372 e. The van der Waals surface area contributed by atoms with Gasteiger partial charge >= 0.3 is 0 Å². The fourth-order valence-electron chi connectivity index (χ4n) is 1.76. The van der Waals surface area contributed by atoms with E-state index in [1.165, 1.54) is 0 Å². The summed E-state index contributed by atoms with van der Waals surface area (Å²) in [6, 6.07) is 5.25. The van der Waals surface area contributed by atoms with Gasteiger partial charge < -0.3 is 4.74 Å². The highest BCUT2D eigenvalue weighted by atomic mass is 19.1. The maximum absolute atomic E-state index is 13.4. The summed E-state index contributed by atoms with van der Waals surface area (Å²) in [7, 11) is 0. The standard InChI is InChI=1S/C11H9F2NO/c12-8-1-2-10(13)9(5-8)11-7(6-14)3-4-15-11/h1-2,5,7,11H,3-4H2. The van der Waals surface area contributed by atoms with E-state index in [1.807, 2.05) is 6.07 Å². The van der Waals surface area contributed by atoms with Gasteiger partial charge in [0.15, 0.2) is 0 Å². The lowest BCUT2D eigenvalue weighted by atomic mass is 9.96. The molecule has 1 aromatic rings. The Kier molecular flexibility index (Phi) is 2.65. The van der Waals surface area contributed by atoms with E-state index in [0.717, 1.165) is 18.2 Å². The number of hydrogen-bond acceptors (Lipinski definition) is 2. The Morgan fingerprint density at radius 3 is 2.93 bits per heavy atom. The SMILES string of the molecule is N#CC1CCOC1c1cc(F)ccc1F. The van der Waals surface area contributed by atoms with Gasteiger partial charge in [0.2, 0.25) is 0 Å². The van der Waals surface area contributed by atoms with Crippen molar-refractivity contribution in [3.63, 3.8) is 0 Å². The van der Waals surface area contributed by atoms with E-state index in [1.54, 1.807) is 0 Å². The van der Waals surface area contributed by atoms with Crippen LogP contribution in [0.25, 0.3) is 0 Å². The molecule has 1 aliphatic rings. The van der Waals surface area contributed by atoms with Crippen molar-refractivity contribution in [2.45, 2.75) is 12.5 Å². The number of nitriles is 1. The van der Waals surface area contributed by atoms with E-state index in [2.05, 4.69) is 0 Å². The van der Waals surface area contributed by atoms with Crippen LogP contribution in [0, 0.1) is 28.9 Å². The second-order valence-corrected chi connectivity index (χ2v) is 3.48. The molecule has 15 heavy (non-hydrogen) atoms. The largest absolute Gasteiger partial charge is 0.372 e. The van der Waals surface area contributed by atoms with Crippen LogP contribution in [0.3, 0.4) is 0 Å². The zero-order valence-corrected chi connectivity index (χ0v) is 7.91. The van der Waals surface area contributed by atoms with Crippen LogP contribution >= 0.6 is 0 Å². The Hall–Kier alpha value is -1.47. The fraction of sp³-hybridized carbons (Fsp3) is 0.364. The van der Waals surface area contributed by atoms with E-state index in [9.17, 15) is 8.78 Å². The van der Waals surface area contributed by atoms with Gasteiger partial charge in [-0.25, -0.2) is 8.78 Å². The van der Waals surface area contributed by atoms with Crippen LogP contribution in [0.5, 0.6) is 0 Å². The third-order valence-corrected chi connectivity index (χ3v) is 2.52. The molecular formula is C11H9F2NO. The summed E-state index contributed by atoms with van der Waals surface area (Å²) in [5.41, 5.74) is 0.138. The van der Waals surface area contributed by atoms with Crippen LogP contribution in [0.15, 0.2) is 18.2 Å². The third-order valence-electron chi connectivity index (χ3n) is 2.52. The Morgan fingerprint density at radius 1 is 1.40 bits per heavy atom. The second kappa shape index (κ2) is 3.95. The summed E-state index contributed by atoms with van der Waals surface area (Å²) in [6.07, 6.45) is -0.0670. The van der Waals surface area contributed by atoms with Gasteiger partial charge in [-0.2, -0.15) is 5.26 Å². The summed E-state index contributed by atoms with van der Waals surface area (Å²) in [6.45, 7) is 0.416. The lowest BCUT2D eigenvalue weighted by Crippen LogP contribution is -2.08. The molecule has 2 nitrogen and oxygen atoms in total. The Labute approximate surface area is 86.1 Å². The first-order chi connectivity index (χ1) is 7.22. The molecule has 0 N–H and O–H groups in total. The van der Waals surface area contributed by atoms with E-state index in [-0.39, 0.29) is 11.5 Å². The molecular weight excluding hydrogens is 200 g/mol. The number of rotatable bonds is 1. The van der Waals surface area contributed by atoms with Gasteiger partial charge in [0, 0.05) is 12.2 Å².